The standard InChI is InChI=1S/C14H19N3O2S/c1-14(2,3)16-13-15-12(17-20-13)9-6-10(18-4)8-11(7-9)19-5/h6-8H,1-5H3,(H,15,16,17). The highest BCUT2D eigenvalue weighted by Crippen LogP contribution is 2.30. The summed E-state index contributed by atoms with van der Waals surface area (Å²) in [5, 5.41) is 4.11. The van der Waals surface area contributed by atoms with Crippen LogP contribution in [-0.2, 0) is 0 Å². The van der Waals surface area contributed by atoms with Gasteiger partial charge in [0.25, 0.3) is 0 Å². The van der Waals surface area contributed by atoms with Crippen LogP contribution in [-0.4, -0.2) is 29.1 Å². The maximum absolute atomic E-state index is 5.26. The number of aromatic nitrogens is 2. The summed E-state index contributed by atoms with van der Waals surface area (Å²) in [6.45, 7) is 6.26. The molecule has 0 amide bonds. The van der Waals surface area contributed by atoms with Crippen molar-refractivity contribution in [2.75, 3.05) is 19.5 Å². The highest BCUT2D eigenvalue weighted by Gasteiger charge is 2.14. The van der Waals surface area contributed by atoms with Gasteiger partial charge in [-0.15, -0.1) is 0 Å². The van der Waals surface area contributed by atoms with E-state index in [4.69, 9.17) is 9.47 Å². The Morgan fingerprint density at radius 1 is 1.05 bits per heavy atom. The number of methoxy groups -OCH3 is 2. The van der Waals surface area contributed by atoms with Crippen molar-refractivity contribution in [1.82, 2.24) is 9.36 Å². The van der Waals surface area contributed by atoms with Crippen molar-refractivity contribution >= 4 is 16.7 Å². The Morgan fingerprint density at radius 3 is 2.15 bits per heavy atom. The molecular weight excluding hydrogens is 274 g/mol. The fraction of sp³-hybridized carbons (Fsp3) is 0.429. The lowest BCUT2D eigenvalue weighted by molar-refractivity contribution is 0.394. The van der Waals surface area contributed by atoms with E-state index in [1.54, 1.807) is 14.2 Å². The molecule has 0 atom stereocenters. The van der Waals surface area contributed by atoms with Crippen LogP contribution in [0.25, 0.3) is 11.4 Å². The molecule has 0 bridgehead atoms. The number of anilines is 1. The van der Waals surface area contributed by atoms with E-state index in [0.29, 0.717) is 5.82 Å². The van der Waals surface area contributed by atoms with Gasteiger partial charge in [0.1, 0.15) is 11.5 Å². The van der Waals surface area contributed by atoms with Crippen LogP contribution >= 0.6 is 11.5 Å². The Bertz CT molecular complexity index is 568. The summed E-state index contributed by atoms with van der Waals surface area (Å²) in [6, 6.07) is 5.61. The quantitative estimate of drug-likeness (QED) is 0.936. The number of nitrogens with zero attached hydrogens (tertiary/aromatic N) is 2. The van der Waals surface area contributed by atoms with Gasteiger partial charge >= 0.3 is 0 Å². The normalized spacial score (nSPS) is 11.2. The molecular formula is C14H19N3O2S. The first-order valence-electron chi connectivity index (χ1n) is 6.26. The lowest BCUT2D eigenvalue weighted by atomic mass is 10.1. The molecule has 6 heteroatoms. The van der Waals surface area contributed by atoms with E-state index in [9.17, 15) is 0 Å². The van der Waals surface area contributed by atoms with Gasteiger partial charge in [0.05, 0.1) is 14.2 Å². The zero-order valence-corrected chi connectivity index (χ0v) is 13.2. The van der Waals surface area contributed by atoms with E-state index in [0.717, 1.165) is 22.2 Å². The zero-order valence-electron chi connectivity index (χ0n) is 12.4. The highest BCUT2D eigenvalue weighted by molar-refractivity contribution is 7.09. The van der Waals surface area contributed by atoms with Gasteiger partial charge in [-0.25, -0.2) is 0 Å². The Balaban J connectivity index is 2.32. The maximum atomic E-state index is 5.26. The molecule has 1 aromatic carbocycles. The Hall–Kier alpha value is -1.82. The molecule has 20 heavy (non-hydrogen) atoms. The van der Waals surface area contributed by atoms with Crippen molar-refractivity contribution in [3.8, 4) is 22.9 Å². The van der Waals surface area contributed by atoms with Crippen molar-refractivity contribution in [2.45, 2.75) is 26.3 Å². The maximum Gasteiger partial charge on any atom is 0.203 e. The minimum atomic E-state index is -0.0388. The predicted molar refractivity (Wildman–Crippen MR) is 81.8 cm³/mol. The zero-order chi connectivity index (χ0) is 14.8. The van der Waals surface area contributed by atoms with Crippen LogP contribution in [0, 0.1) is 0 Å². The third kappa shape index (κ3) is 3.60. The summed E-state index contributed by atoms with van der Waals surface area (Å²) >= 11 is 1.34. The van der Waals surface area contributed by atoms with E-state index < -0.39 is 0 Å². The van der Waals surface area contributed by atoms with Gasteiger partial charge in [0, 0.05) is 28.7 Å². The molecule has 1 N–H and O–H groups in total. The van der Waals surface area contributed by atoms with Gasteiger partial charge in [-0.1, -0.05) is 0 Å². The fourth-order valence-electron chi connectivity index (χ4n) is 1.65. The monoisotopic (exact) mass is 293 g/mol. The molecule has 0 saturated heterocycles. The third-order valence-electron chi connectivity index (χ3n) is 2.52. The second-order valence-electron chi connectivity index (χ2n) is 5.40. The van der Waals surface area contributed by atoms with E-state index >= 15 is 0 Å². The summed E-state index contributed by atoms with van der Waals surface area (Å²) < 4.78 is 14.9. The average molecular weight is 293 g/mol. The van der Waals surface area contributed by atoms with Crippen LogP contribution in [0.15, 0.2) is 18.2 Å². The molecule has 0 saturated carbocycles. The van der Waals surface area contributed by atoms with Crippen molar-refractivity contribution in [3.63, 3.8) is 0 Å². The van der Waals surface area contributed by atoms with Crippen LogP contribution in [0.2, 0.25) is 0 Å². The van der Waals surface area contributed by atoms with Gasteiger partial charge < -0.3 is 14.8 Å². The minimum absolute atomic E-state index is 0.0388. The van der Waals surface area contributed by atoms with Gasteiger partial charge in [-0.05, 0) is 32.9 Å². The molecule has 0 aliphatic rings. The molecule has 0 radical (unpaired) electrons. The lowest BCUT2D eigenvalue weighted by Gasteiger charge is -2.18. The number of nitrogens with one attached hydrogen (secondary N) is 1. The van der Waals surface area contributed by atoms with E-state index in [1.807, 2.05) is 18.2 Å². The summed E-state index contributed by atoms with van der Waals surface area (Å²) in [7, 11) is 3.25. The molecule has 0 fully saturated rings. The van der Waals surface area contributed by atoms with Crippen LogP contribution < -0.4 is 14.8 Å². The number of rotatable bonds is 4. The largest absolute Gasteiger partial charge is 0.497 e. The first-order chi connectivity index (χ1) is 9.41. The van der Waals surface area contributed by atoms with Crippen LogP contribution in [0.3, 0.4) is 0 Å². The highest BCUT2D eigenvalue weighted by atomic mass is 32.1. The Kier molecular flexibility index (Phi) is 4.13. The van der Waals surface area contributed by atoms with Crippen LogP contribution in [0.5, 0.6) is 11.5 Å². The summed E-state index contributed by atoms with van der Waals surface area (Å²) in [4.78, 5) is 4.50. The number of hydrogen-bond acceptors (Lipinski definition) is 6. The summed E-state index contributed by atoms with van der Waals surface area (Å²) in [5.41, 5.74) is 0.836. The average Bonchev–Trinajstić information content (AvgIpc) is 2.84. The topological polar surface area (TPSA) is 56.3 Å². The second kappa shape index (κ2) is 5.66. The van der Waals surface area contributed by atoms with Crippen molar-refractivity contribution in [3.05, 3.63) is 18.2 Å². The van der Waals surface area contributed by atoms with Crippen LogP contribution in [0.4, 0.5) is 5.13 Å². The van der Waals surface area contributed by atoms with E-state index in [-0.39, 0.29) is 5.54 Å². The number of benzene rings is 1. The van der Waals surface area contributed by atoms with Crippen molar-refractivity contribution < 1.29 is 9.47 Å². The van der Waals surface area contributed by atoms with Gasteiger partial charge in [-0.3, -0.25) is 0 Å². The molecule has 2 aromatic rings. The number of ether oxygens (including phenoxy) is 2. The van der Waals surface area contributed by atoms with Gasteiger partial charge in [-0.2, -0.15) is 9.36 Å². The fourth-order valence-corrected chi connectivity index (χ4v) is 2.45. The summed E-state index contributed by atoms with van der Waals surface area (Å²) in [5.74, 6) is 2.11. The first-order valence-corrected chi connectivity index (χ1v) is 7.04. The van der Waals surface area contributed by atoms with Crippen molar-refractivity contribution in [2.24, 2.45) is 0 Å². The molecule has 1 heterocycles. The predicted octanol–water partition coefficient (Wildman–Crippen LogP) is 3.43. The smallest absolute Gasteiger partial charge is 0.203 e. The molecule has 108 valence electrons. The van der Waals surface area contributed by atoms with Crippen LogP contribution in [0.1, 0.15) is 20.8 Å². The molecule has 0 spiro atoms. The Labute approximate surface area is 123 Å². The molecule has 1 aromatic heterocycles. The first kappa shape index (κ1) is 14.6. The van der Waals surface area contributed by atoms with E-state index in [1.165, 1.54) is 11.5 Å². The molecule has 0 aliphatic carbocycles. The number of hydrogen-bond donors (Lipinski definition) is 1. The molecule has 0 aliphatic heterocycles. The Morgan fingerprint density at radius 2 is 1.65 bits per heavy atom. The lowest BCUT2D eigenvalue weighted by Crippen LogP contribution is -2.25. The molecule has 2 rings (SSSR count). The third-order valence-corrected chi connectivity index (χ3v) is 3.15. The van der Waals surface area contributed by atoms with Gasteiger partial charge in [0.15, 0.2) is 5.82 Å². The minimum Gasteiger partial charge on any atom is -0.497 e. The summed E-state index contributed by atoms with van der Waals surface area (Å²) in [6.07, 6.45) is 0. The second-order valence-corrected chi connectivity index (χ2v) is 6.15. The van der Waals surface area contributed by atoms with E-state index in [2.05, 4.69) is 35.4 Å². The SMILES string of the molecule is COc1cc(OC)cc(-c2nsc(NC(C)(C)C)n2)c1. The molecule has 0 unspecified atom stereocenters. The van der Waals surface area contributed by atoms with Gasteiger partial charge in [0.2, 0.25) is 5.13 Å². The van der Waals surface area contributed by atoms with Crippen molar-refractivity contribution in [1.29, 1.82) is 0 Å². The molecule has 5 nitrogen and oxygen atoms in total.